The molecular formula is C14H27N7. The molecule has 1 aliphatic heterocycles. The summed E-state index contributed by atoms with van der Waals surface area (Å²) in [5, 5.41) is 3.48. The van der Waals surface area contributed by atoms with E-state index in [1.54, 1.807) is 6.33 Å². The molecule has 0 saturated carbocycles. The molecule has 1 fully saturated rings. The minimum absolute atomic E-state index is 0.488. The Kier molecular flexibility index (Phi) is 5.72. The molecule has 2 heterocycles. The van der Waals surface area contributed by atoms with Crippen LogP contribution in [-0.2, 0) is 6.42 Å². The van der Waals surface area contributed by atoms with Crippen LogP contribution in [0.5, 0.6) is 0 Å². The maximum Gasteiger partial charge on any atom is 0.148 e. The Morgan fingerprint density at radius 3 is 2.76 bits per heavy atom. The SMILES string of the molecule is CCCc1c(NN)ncnc1NCC1CN(C)CCN1C. The number of nitrogens with zero attached hydrogens (tertiary/aromatic N) is 4. The molecule has 1 aliphatic rings. The summed E-state index contributed by atoms with van der Waals surface area (Å²) in [5.41, 5.74) is 3.73. The molecule has 1 saturated heterocycles. The number of hydrogen-bond acceptors (Lipinski definition) is 7. The molecule has 0 radical (unpaired) electrons. The molecule has 1 unspecified atom stereocenters. The summed E-state index contributed by atoms with van der Waals surface area (Å²) >= 11 is 0. The van der Waals surface area contributed by atoms with Gasteiger partial charge in [-0.15, -0.1) is 0 Å². The van der Waals surface area contributed by atoms with Gasteiger partial charge < -0.3 is 15.6 Å². The van der Waals surface area contributed by atoms with Crippen molar-refractivity contribution in [3.05, 3.63) is 11.9 Å². The van der Waals surface area contributed by atoms with Crippen LogP contribution in [0.3, 0.4) is 0 Å². The van der Waals surface area contributed by atoms with E-state index in [0.717, 1.165) is 50.4 Å². The van der Waals surface area contributed by atoms with E-state index in [1.165, 1.54) is 0 Å². The maximum atomic E-state index is 5.55. The van der Waals surface area contributed by atoms with Crippen molar-refractivity contribution < 1.29 is 0 Å². The molecule has 4 N–H and O–H groups in total. The third kappa shape index (κ3) is 4.03. The van der Waals surface area contributed by atoms with Crippen molar-refractivity contribution >= 4 is 11.6 Å². The van der Waals surface area contributed by atoms with E-state index >= 15 is 0 Å². The lowest BCUT2D eigenvalue weighted by atomic mass is 10.1. The second-order valence-electron chi connectivity index (χ2n) is 5.72. The van der Waals surface area contributed by atoms with Crippen LogP contribution in [0.4, 0.5) is 11.6 Å². The fourth-order valence-electron chi connectivity index (χ4n) is 2.71. The molecule has 0 aromatic carbocycles. The lowest BCUT2D eigenvalue weighted by Gasteiger charge is -2.37. The number of piperazine rings is 1. The summed E-state index contributed by atoms with van der Waals surface area (Å²) in [6, 6.07) is 0.488. The van der Waals surface area contributed by atoms with Gasteiger partial charge in [0, 0.05) is 37.8 Å². The van der Waals surface area contributed by atoms with Crippen LogP contribution in [0.1, 0.15) is 18.9 Å². The fourth-order valence-corrected chi connectivity index (χ4v) is 2.71. The zero-order valence-electron chi connectivity index (χ0n) is 13.3. The number of likely N-dealkylation sites (N-methyl/N-ethyl adjacent to an activating group) is 2. The largest absolute Gasteiger partial charge is 0.368 e. The van der Waals surface area contributed by atoms with E-state index in [0.29, 0.717) is 11.9 Å². The normalized spacial score (nSPS) is 20.5. The quantitative estimate of drug-likeness (QED) is 0.516. The highest BCUT2D eigenvalue weighted by molar-refractivity contribution is 5.56. The highest BCUT2D eigenvalue weighted by atomic mass is 15.3. The summed E-state index contributed by atoms with van der Waals surface area (Å²) in [6.07, 6.45) is 3.49. The Balaban J connectivity index is 2.05. The molecule has 7 heteroatoms. The Morgan fingerprint density at radius 1 is 1.29 bits per heavy atom. The average molecular weight is 293 g/mol. The summed E-state index contributed by atoms with van der Waals surface area (Å²) in [4.78, 5) is 13.3. The Labute approximate surface area is 126 Å². The van der Waals surface area contributed by atoms with Crippen LogP contribution in [0.25, 0.3) is 0 Å². The molecule has 0 spiro atoms. The van der Waals surface area contributed by atoms with Gasteiger partial charge in [-0.25, -0.2) is 15.8 Å². The first-order valence-corrected chi connectivity index (χ1v) is 7.58. The summed E-state index contributed by atoms with van der Waals surface area (Å²) < 4.78 is 0. The van der Waals surface area contributed by atoms with Crippen molar-refractivity contribution in [3.8, 4) is 0 Å². The molecule has 0 bridgehead atoms. The van der Waals surface area contributed by atoms with Gasteiger partial charge in [0.2, 0.25) is 0 Å². The zero-order chi connectivity index (χ0) is 15.2. The van der Waals surface area contributed by atoms with E-state index in [4.69, 9.17) is 5.84 Å². The lowest BCUT2D eigenvalue weighted by Crippen LogP contribution is -2.52. The Hall–Kier alpha value is -1.44. The van der Waals surface area contributed by atoms with Crippen molar-refractivity contribution in [1.29, 1.82) is 0 Å². The van der Waals surface area contributed by atoms with Gasteiger partial charge in [-0.3, -0.25) is 4.90 Å². The van der Waals surface area contributed by atoms with Crippen molar-refractivity contribution in [3.63, 3.8) is 0 Å². The molecular weight excluding hydrogens is 266 g/mol. The molecule has 0 amide bonds. The molecule has 7 nitrogen and oxygen atoms in total. The van der Waals surface area contributed by atoms with Gasteiger partial charge in [0.05, 0.1) is 0 Å². The number of nitrogens with one attached hydrogen (secondary N) is 2. The number of nitrogens with two attached hydrogens (primary N) is 1. The van der Waals surface area contributed by atoms with Crippen LogP contribution in [-0.4, -0.2) is 66.1 Å². The summed E-state index contributed by atoms with van der Waals surface area (Å²) in [7, 11) is 4.35. The van der Waals surface area contributed by atoms with Crippen molar-refractivity contribution in [1.82, 2.24) is 19.8 Å². The standard InChI is InChI=1S/C14H27N7/c1-4-5-12-13(17-10-18-14(12)19-15)16-8-11-9-20(2)6-7-21(11)3/h10-11H,4-9,15H2,1-3H3,(H2,16,17,18,19). The minimum atomic E-state index is 0.488. The zero-order valence-corrected chi connectivity index (χ0v) is 13.3. The van der Waals surface area contributed by atoms with Crippen molar-refractivity contribution in [2.24, 2.45) is 5.84 Å². The number of hydrogen-bond donors (Lipinski definition) is 3. The Bertz CT molecular complexity index is 451. The molecule has 1 atom stereocenters. The van der Waals surface area contributed by atoms with E-state index in [1.807, 2.05) is 0 Å². The van der Waals surface area contributed by atoms with Crippen LogP contribution in [0.15, 0.2) is 6.33 Å². The van der Waals surface area contributed by atoms with Gasteiger partial charge in [-0.2, -0.15) is 0 Å². The average Bonchev–Trinajstić information content (AvgIpc) is 2.49. The highest BCUT2D eigenvalue weighted by Gasteiger charge is 2.22. The van der Waals surface area contributed by atoms with Crippen LogP contribution < -0.4 is 16.6 Å². The number of aromatic nitrogens is 2. The van der Waals surface area contributed by atoms with E-state index in [9.17, 15) is 0 Å². The van der Waals surface area contributed by atoms with Crippen molar-refractivity contribution in [2.75, 3.05) is 51.0 Å². The molecule has 118 valence electrons. The highest BCUT2D eigenvalue weighted by Crippen LogP contribution is 2.21. The number of nitrogen functional groups attached to an aromatic ring is 1. The summed E-state index contributed by atoms with van der Waals surface area (Å²) in [6.45, 7) is 6.31. The second-order valence-corrected chi connectivity index (χ2v) is 5.72. The maximum absolute atomic E-state index is 5.55. The third-order valence-electron chi connectivity index (χ3n) is 4.07. The first-order chi connectivity index (χ1) is 10.2. The van der Waals surface area contributed by atoms with E-state index < -0.39 is 0 Å². The van der Waals surface area contributed by atoms with E-state index in [2.05, 4.69) is 51.5 Å². The van der Waals surface area contributed by atoms with Crippen LogP contribution in [0.2, 0.25) is 0 Å². The van der Waals surface area contributed by atoms with E-state index in [-0.39, 0.29) is 0 Å². The first kappa shape index (κ1) is 15.9. The fraction of sp³-hybridized carbons (Fsp3) is 0.714. The van der Waals surface area contributed by atoms with Gasteiger partial charge in [0.1, 0.15) is 18.0 Å². The van der Waals surface area contributed by atoms with Crippen molar-refractivity contribution in [2.45, 2.75) is 25.8 Å². The number of rotatable bonds is 6. The minimum Gasteiger partial charge on any atom is -0.368 e. The smallest absolute Gasteiger partial charge is 0.148 e. The topological polar surface area (TPSA) is 82.3 Å². The number of anilines is 2. The monoisotopic (exact) mass is 293 g/mol. The molecule has 2 rings (SSSR count). The lowest BCUT2D eigenvalue weighted by molar-refractivity contribution is 0.122. The number of hydrazine groups is 1. The van der Waals surface area contributed by atoms with Gasteiger partial charge in [0.15, 0.2) is 0 Å². The van der Waals surface area contributed by atoms with Gasteiger partial charge in [0.25, 0.3) is 0 Å². The first-order valence-electron chi connectivity index (χ1n) is 7.58. The van der Waals surface area contributed by atoms with Crippen LogP contribution in [0, 0.1) is 0 Å². The summed E-state index contributed by atoms with van der Waals surface area (Å²) in [5.74, 6) is 7.15. The molecule has 1 aromatic rings. The Morgan fingerprint density at radius 2 is 2.05 bits per heavy atom. The third-order valence-corrected chi connectivity index (χ3v) is 4.07. The van der Waals surface area contributed by atoms with Gasteiger partial charge >= 0.3 is 0 Å². The predicted octanol–water partition coefficient (Wildman–Crippen LogP) is 0.372. The van der Waals surface area contributed by atoms with Gasteiger partial charge in [-0.1, -0.05) is 13.3 Å². The van der Waals surface area contributed by atoms with Crippen LogP contribution >= 0.6 is 0 Å². The molecule has 1 aromatic heterocycles. The predicted molar refractivity (Wildman–Crippen MR) is 86.2 cm³/mol. The molecule has 21 heavy (non-hydrogen) atoms. The molecule has 0 aliphatic carbocycles. The second kappa shape index (κ2) is 7.53. The van der Waals surface area contributed by atoms with Gasteiger partial charge in [-0.05, 0) is 20.5 Å².